The summed E-state index contributed by atoms with van der Waals surface area (Å²) in [5.74, 6) is -3.94. The van der Waals surface area contributed by atoms with Crippen molar-refractivity contribution in [2.45, 2.75) is 12.1 Å². The lowest BCUT2D eigenvalue weighted by Crippen LogP contribution is -2.54. The predicted octanol–water partition coefficient (Wildman–Crippen LogP) is 2.51. The summed E-state index contributed by atoms with van der Waals surface area (Å²) in [4.78, 5) is 52.0. The zero-order valence-electron chi connectivity index (χ0n) is 15.0. The number of carbonyl (C=O) groups excluding carboxylic acids is 3. The van der Waals surface area contributed by atoms with Crippen molar-refractivity contribution in [3.05, 3.63) is 63.4 Å². The van der Waals surface area contributed by atoms with Crippen LogP contribution in [0.3, 0.4) is 0 Å². The Hall–Kier alpha value is -3.17. The van der Waals surface area contributed by atoms with Crippen molar-refractivity contribution >= 4 is 52.7 Å². The number of urea groups is 1. The van der Waals surface area contributed by atoms with Crippen molar-refractivity contribution < 1.29 is 28.7 Å². The Morgan fingerprint density at radius 1 is 1.10 bits per heavy atom. The van der Waals surface area contributed by atoms with Crippen LogP contribution in [0.4, 0.5) is 14.9 Å². The third-order valence-electron chi connectivity index (χ3n) is 5.02. The quantitative estimate of drug-likeness (QED) is 0.548. The van der Waals surface area contributed by atoms with Crippen LogP contribution < -0.4 is 10.2 Å². The monoisotopic (exact) mass is 451 g/mol. The number of aliphatic carboxylic acids is 1. The second kappa shape index (κ2) is 6.96. The Balaban J connectivity index is 1.91. The Labute approximate surface area is 178 Å². The Morgan fingerprint density at radius 2 is 1.77 bits per heavy atom. The Kier molecular flexibility index (Phi) is 4.67. The summed E-state index contributed by atoms with van der Waals surface area (Å²) in [7, 11) is 0. The van der Waals surface area contributed by atoms with Gasteiger partial charge in [-0.1, -0.05) is 23.2 Å². The van der Waals surface area contributed by atoms with E-state index in [9.17, 15) is 28.7 Å². The number of carboxylic acid groups (broad SMARTS) is 1. The van der Waals surface area contributed by atoms with Gasteiger partial charge in [-0.05, 0) is 36.4 Å². The number of benzene rings is 2. The zero-order chi connectivity index (χ0) is 21.8. The van der Waals surface area contributed by atoms with Crippen LogP contribution in [-0.2, 0) is 26.5 Å². The first-order chi connectivity index (χ1) is 14.2. The van der Waals surface area contributed by atoms with Gasteiger partial charge >= 0.3 is 12.0 Å². The van der Waals surface area contributed by atoms with Gasteiger partial charge < -0.3 is 5.11 Å². The lowest BCUT2D eigenvalue weighted by Gasteiger charge is -2.31. The molecule has 2 N–H and O–H groups in total. The molecule has 2 heterocycles. The maximum absolute atomic E-state index is 14.3. The highest BCUT2D eigenvalue weighted by molar-refractivity contribution is 6.32. The van der Waals surface area contributed by atoms with E-state index in [1.165, 1.54) is 30.3 Å². The molecular formula is C19H12Cl2FN3O5. The molecule has 4 rings (SSSR count). The number of nitrogens with zero attached hydrogens (tertiary/aromatic N) is 2. The smallest absolute Gasteiger partial charge is 0.326 e. The van der Waals surface area contributed by atoms with E-state index >= 15 is 0 Å². The average molecular weight is 452 g/mol. The molecular weight excluding hydrogens is 440 g/mol. The van der Waals surface area contributed by atoms with E-state index in [0.717, 1.165) is 15.9 Å². The summed E-state index contributed by atoms with van der Waals surface area (Å²) >= 11 is 12.0. The number of rotatable bonds is 4. The minimum absolute atomic E-state index is 0.0280. The molecule has 1 unspecified atom stereocenters. The highest BCUT2D eigenvalue weighted by Gasteiger charge is 2.66. The lowest BCUT2D eigenvalue weighted by molar-refractivity contribution is -0.141. The van der Waals surface area contributed by atoms with Crippen molar-refractivity contribution in [3.63, 3.8) is 0 Å². The number of carbonyl (C=O) groups is 4. The van der Waals surface area contributed by atoms with Crippen LogP contribution >= 0.6 is 23.2 Å². The van der Waals surface area contributed by atoms with Crippen LogP contribution in [0.15, 0.2) is 36.4 Å². The van der Waals surface area contributed by atoms with Gasteiger partial charge in [-0.2, -0.15) is 0 Å². The summed E-state index contributed by atoms with van der Waals surface area (Å²) in [5.41, 5.74) is -2.10. The number of fused-ring (bicyclic) bond motifs is 2. The minimum atomic E-state index is -2.22. The van der Waals surface area contributed by atoms with Crippen LogP contribution in [0.2, 0.25) is 10.0 Å². The van der Waals surface area contributed by atoms with Gasteiger partial charge in [0, 0.05) is 21.2 Å². The first kappa shape index (κ1) is 20.1. The average Bonchev–Trinajstić information content (AvgIpc) is 3.05. The molecule has 1 atom stereocenters. The summed E-state index contributed by atoms with van der Waals surface area (Å²) in [6, 6.07) is 6.88. The number of halogens is 3. The van der Waals surface area contributed by atoms with Crippen molar-refractivity contribution in [2.24, 2.45) is 0 Å². The van der Waals surface area contributed by atoms with E-state index < -0.39 is 48.3 Å². The molecule has 2 aromatic rings. The molecule has 11 heteroatoms. The summed E-state index contributed by atoms with van der Waals surface area (Å²) in [6.07, 6.45) is 0. The molecule has 1 fully saturated rings. The van der Waals surface area contributed by atoms with E-state index in [2.05, 4.69) is 5.32 Å². The first-order valence-corrected chi connectivity index (χ1v) is 9.32. The predicted molar refractivity (Wildman–Crippen MR) is 104 cm³/mol. The first-order valence-electron chi connectivity index (χ1n) is 8.57. The topological polar surface area (TPSA) is 107 Å². The van der Waals surface area contributed by atoms with Crippen LogP contribution in [0.1, 0.15) is 11.1 Å². The molecule has 0 bridgehead atoms. The number of anilines is 1. The fourth-order valence-electron chi connectivity index (χ4n) is 3.78. The van der Waals surface area contributed by atoms with Crippen molar-refractivity contribution in [3.8, 4) is 0 Å². The normalized spacial score (nSPS) is 20.2. The van der Waals surface area contributed by atoms with Crippen molar-refractivity contribution in [1.82, 2.24) is 10.2 Å². The summed E-state index contributed by atoms with van der Waals surface area (Å²) < 4.78 is 14.3. The zero-order valence-corrected chi connectivity index (χ0v) is 16.5. The van der Waals surface area contributed by atoms with Crippen molar-refractivity contribution in [2.75, 3.05) is 11.4 Å². The van der Waals surface area contributed by atoms with Crippen LogP contribution in [0, 0.1) is 5.82 Å². The van der Waals surface area contributed by atoms with E-state index in [0.29, 0.717) is 0 Å². The van der Waals surface area contributed by atoms with E-state index in [4.69, 9.17) is 23.2 Å². The number of hydrogen-bond acceptors (Lipinski definition) is 4. The van der Waals surface area contributed by atoms with Crippen molar-refractivity contribution in [1.29, 1.82) is 0 Å². The summed E-state index contributed by atoms with van der Waals surface area (Å²) in [6.45, 7) is -1.21. The second-order valence-corrected chi connectivity index (χ2v) is 7.61. The molecule has 154 valence electrons. The third kappa shape index (κ3) is 2.81. The SMILES string of the molecule is O=C(O)CN1C(=O)C2(C(=O)NC(=O)N2Cc2cc(Cl)ccc2F)c2cc(Cl)ccc21. The molecule has 1 spiro atoms. The van der Waals surface area contributed by atoms with E-state index in [-0.39, 0.29) is 26.9 Å². The van der Waals surface area contributed by atoms with Gasteiger partial charge in [-0.25, -0.2) is 9.18 Å². The number of nitrogens with one attached hydrogen (secondary N) is 1. The van der Waals surface area contributed by atoms with Gasteiger partial charge in [0.05, 0.1) is 12.2 Å². The Bertz CT molecular complexity index is 1140. The fraction of sp³-hybridized carbons (Fsp3) is 0.158. The molecule has 30 heavy (non-hydrogen) atoms. The molecule has 4 amide bonds. The lowest BCUT2D eigenvalue weighted by atomic mass is 9.89. The molecule has 0 radical (unpaired) electrons. The molecule has 2 aromatic carbocycles. The molecule has 2 aliphatic rings. The fourth-order valence-corrected chi connectivity index (χ4v) is 4.15. The minimum Gasteiger partial charge on any atom is -0.480 e. The summed E-state index contributed by atoms with van der Waals surface area (Å²) in [5, 5.41) is 11.7. The maximum Gasteiger partial charge on any atom is 0.326 e. The Morgan fingerprint density at radius 3 is 2.47 bits per heavy atom. The van der Waals surface area contributed by atoms with Gasteiger partial charge in [0.25, 0.3) is 11.8 Å². The molecule has 0 aliphatic carbocycles. The number of carboxylic acids is 1. The van der Waals surface area contributed by atoms with Crippen LogP contribution in [-0.4, -0.2) is 40.4 Å². The maximum atomic E-state index is 14.3. The molecule has 8 nitrogen and oxygen atoms in total. The van der Waals surface area contributed by atoms with Gasteiger partial charge in [-0.3, -0.25) is 29.5 Å². The van der Waals surface area contributed by atoms with Crippen LogP contribution in [0.25, 0.3) is 0 Å². The molecule has 2 aliphatic heterocycles. The second-order valence-electron chi connectivity index (χ2n) is 6.74. The number of hydrogen-bond donors (Lipinski definition) is 2. The number of imide groups is 1. The molecule has 0 saturated carbocycles. The highest BCUT2D eigenvalue weighted by atomic mass is 35.5. The van der Waals surface area contributed by atoms with Gasteiger partial charge in [0.2, 0.25) is 5.54 Å². The van der Waals surface area contributed by atoms with Gasteiger partial charge in [-0.15, -0.1) is 0 Å². The van der Waals surface area contributed by atoms with E-state index in [1.807, 2.05) is 0 Å². The van der Waals surface area contributed by atoms with Gasteiger partial charge in [0.1, 0.15) is 12.4 Å². The highest BCUT2D eigenvalue weighted by Crippen LogP contribution is 2.48. The number of amides is 4. The largest absolute Gasteiger partial charge is 0.480 e. The molecule has 1 saturated heterocycles. The van der Waals surface area contributed by atoms with Crippen LogP contribution in [0.5, 0.6) is 0 Å². The van der Waals surface area contributed by atoms with E-state index in [1.54, 1.807) is 0 Å². The van der Waals surface area contributed by atoms with Gasteiger partial charge in [0.15, 0.2) is 0 Å². The standard InChI is InChI=1S/C19H12Cl2FN3O5/c20-10-1-3-13(22)9(5-10)7-25-18(30)23-16(28)19(25)12-6-11(21)2-4-14(12)24(17(19)29)8-15(26)27/h1-6H,7-8H2,(H,26,27)(H,23,28,30). The third-order valence-corrected chi connectivity index (χ3v) is 5.49. The molecule has 0 aromatic heterocycles.